The molecule has 0 bridgehead atoms. The van der Waals surface area contributed by atoms with Gasteiger partial charge in [-0.15, -0.1) is 11.6 Å². The monoisotopic (exact) mass is 275 g/mol. The van der Waals surface area contributed by atoms with E-state index in [2.05, 4.69) is 0 Å². The fraction of sp³-hybridized carbons (Fsp3) is 0.188. The number of halogens is 1. The highest BCUT2D eigenvalue weighted by atomic mass is 35.5. The van der Waals surface area contributed by atoms with Crippen LogP contribution in [-0.2, 0) is 6.42 Å². The van der Waals surface area contributed by atoms with Gasteiger partial charge in [0.25, 0.3) is 0 Å². The summed E-state index contributed by atoms with van der Waals surface area (Å²) >= 11 is 5.66. The highest BCUT2D eigenvalue weighted by Gasteiger charge is 2.07. The molecule has 100 valence electrons. The van der Waals surface area contributed by atoms with Crippen molar-refractivity contribution in [3.05, 3.63) is 71.3 Å². The fourth-order valence-electron chi connectivity index (χ4n) is 1.85. The van der Waals surface area contributed by atoms with E-state index in [9.17, 15) is 4.79 Å². The number of ketones is 1. The van der Waals surface area contributed by atoms with E-state index in [1.165, 1.54) is 5.56 Å². The molecule has 2 aromatic rings. The molecule has 2 nitrogen and oxygen atoms in total. The number of carbonyl (C=O) groups excluding carboxylic acids is 1. The molecule has 0 radical (unpaired) electrons. The largest absolute Gasteiger partial charge is 0.344 e. The van der Waals surface area contributed by atoms with E-state index in [-0.39, 0.29) is 11.9 Å². The predicted octanol–water partition coefficient (Wildman–Crippen LogP) is 4.25. The van der Waals surface area contributed by atoms with Gasteiger partial charge in [0, 0.05) is 17.0 Å². The maximum atomic E-state index is 12.2. The van der Waals surface area contributed by atoms with Crippen LogP contribution in [0.15, 0.2) is 54.6 Å². The van der Waals surface area contributed by atoms with Crippen molar-refractivity contribution in [2.24, 2.45) is 0 Å². The third-order valence-corrected chi connectivity index (χ3v) is 3.12. The minimum absolute atomic E-state index is 0. The fourth-order valence-corrected chi connectivity index (χ4v) is 1.98. The van der Waals surface area contributed by atoms with Gasteiger partial charge in [-0.25, -0.2) is 0 Å². The van der Waals surface area contributed by atoms with Crippen LogP contribution in [0.1, 0.15) is 27.9 Å². The Morgan fingerprint density at radius 3 is 2.05 bits per heavy atom. The topological polar surface area (TPSA) is 52.1 Å². The summed E-state index contributed by atoms with van der Waals surface area (Å²) in [6, 6.07) is 17.1. The van der Waals surface area contributed by atoms with Gasteiger partial charge < -0.3 is 6.15 Å². The molecule has 0 amide bonds. The molecule has 2 rings (SSSR count). The van der Waals surface area contributed by atoms with E-state index in [0.717, 1.165) is 24.0 Å². The van der Waals surface area contributed by atoms with E-state index < -0.39 is 0 Å². The highest BCUT2D eigenvalue weighted by Crippen LogP contribution is 2.12. The first-order chi connectivity index (χ1) is 8.81. The van der Waals surface area contributed by atoms with Crippen molar-refractivity contribution >= 4 is 17.4 Å². The normalized spacial score (nSPS) is 9.74. The Bertz CT molecular complexity index is 508. The summed E-state index contributed by atoms with van der Waals surface area (Å²) in [6.07, 6.45) is 1.93. The SMILES string of the molecule is N.O=C(c1ccccc1)c1ccc(CCCCl)cc1. The second kappa shape index (κ2) is 7.72. The zero-order valence-corrected chi connectivity index (χ0v) is 11.6. The van der Waals surface area contributed by atoms with E-state index in [0.29, 0.717) is 5.88 Å². The summed E-state index contributed by atoms with van der Waals surface area (Å²) in [4.78, 5) is 12.2. The van der Waals surface area contributed by atoms with Gasteiger partial charge in [-0.3, -0.25) is 4.79 Å². The maximum absolute atomic E-state index is 12.2. The van der Waals surface area contributed by atoms with Gasteiger partial charge in [-0.2, -0.15) is 0 Å². The third-order valence-electron chi connectivity index (χ3n) is 2.85. The van der Waals surface area contributed by atoms with Crippen LogP contribution in [0.3, 0.4) is 0 Å². The van der Waals surface area contributed by atoms with Crippen LogP contribution >= 0.6 is 11.6 Å². The smallest absolute Gasteiger partial charge is 0.193 e. The molecule has 0 spiro atoms. The molecule has 0 atom stereocenters. The van der Waals surface area contributed by atoms with Gasteiger partial charge in [0.15, 0.2) is 5.78 Å². The lowest BCUT2D eigenvalue weighted by atomic mass is 10.0. The van der Waals surface area contributed by atoms with Crippen LogP contribution < -0.4 is 6.15 Å². The third kappa shape index (κ3) is 4.19. The van der Waals surface area contributed by atoms with Crippen LogP contribution in [0.5, 0.6) is 0 Å². The lowest BCUT2D eigenvalue weighted by Gasteiger charge is -2.03. The zero-order valence-electron chi connectivity index (χ0n) is 10.8. The van der Waals surface area contributed by atoms with Crippen LogP contribution in [0, 0.1) is 0 Å². The Morgan fingerprint density at radius 2 is 1.47 bits per heavy atom. The molecule has 0 aliphatic carbocycles. The van der Waals surface area contributed by atoms with E-state index >= 15 is 0 Å². The zero-order chi connectivity index (χ0) is 12.8. The summed E-state index contributed by atoms with van der Waals surface area (Å²) in [7, 11) is 0. The van der Waals surface area contributed by atoms with Gasteiger partial charge in [-0.1, -0.05) is 54.6 Å². The summed E-state index contributed by atoms with van der Waals surface area (Å²) in [5.41, 5.74) is 2.68. The van der Waals surface area contributed by atoms with E-state index in [1.54, 1.807) is 0 Å². The lowest BCUT2D eigenvalue weighted by molar-refractivity contribution is 0.103. The summed E-state index contributed by atoms with van der Waals surface area (Å²) in [5, 5.41) is 0. The average Bonchev–Trinajstić information content (AvgIpc) is 2.46. The molecular formula is C16H18ClNO. The molecule has 0 fully saturated rings. The minimum atomic E-state index is 0. The maximum Gasteiger partial charge on any atom is 0.193 e. The Kier molecular flexibility index (Phi) is 6.26. The number of benzene rings is 2. The van der Waals surface area contributed by atoms with Crippen molar-refractivity contribution in [3.8, 4) is 0 Å². The molecule has 0 saturated carbocycles. The Balaban J connectivity index is 0.00000180. The minimum Gasteiger partial charge on any atom is -0.344 e. The van der Waals surface area contributed by atoms with E-state index in [1.807, 2.05) is 54.6 Å². The van der Waals surface area contributed by atoms with Crippen molar-refractivity contribution in [3.63, 3.8) is 0 Å². The van der Waals surface area contributed by atoms with Crippen LogP contribution in [-0.4, -0.2) is 11.7 Å². The van der Waals surface area contributed by atoms with Crippen molar-refractivity contribution in [2.45, 2.75) is 12.8 Å². The quantitative estimate of drug-likeness (QED) is 0.655. The summed E-state index contributed by atoms with van der Waals surface area (Å²) in [5.74, 6) is 0.740. The van der Waals surface area contributed by atoms with Gasteiger partial charge in [0.2, 0.25) is 0 Å². The molecule has 19 heavy (non-hydrogen) atoms. The average molecular weight is 276 g/mol. The molecule has 3 N–H and O–H groups in total. The van der Waals surface area contributed by atoms with Crippen molar-refractivity contribution in [2.75, 3.05) is 5.88 Å². The number of aryl methyl sites for hydroxylation is 1. The molecule has 0 aliphatic rings. The van der Waals surface area contributed by atoms with Crippen LogP contribution in [0.25, 0.3) is 0 Å². The van der Waals surface area contributed by atoms with E-state index in [4.69, 9.17) is 11.6 Å². The highest BCUT2D eigenvalue weighted by molar-refractivity contribution is 6.17. The molecule has 0 saturated heterocycles. The molecule has 0 aliphatic heterocycles. The van der Waals surface area contributed by atoms with Crippen molar-refractivity contribution in [1.29, 1.82) is 0 Å². The number of hydrogen-bond donors (Lipinski definition) is 1. The number of carbonyl (C=O) groups is 1. The second-order valence-electron chi connectivity index (χ2n) is 4.18. The summed E-state index contributed by atoms with van der Waals surface area (Å²) < 4.78 is 0. The molecule has 2 aromatic carbocycles. The Morgan fingerprint density at radius 1 is 0.895 bits per heavy atom. The Hall–Kier alpha value is -1.64. The van der Waals surface area contributed by atoms with Gasteiger partial charge in [0.05, 0.1) is 0 Å². The van der Waals surface area contributed by atoms with Gasteiger partial charge >= 0.3 is 0 Å². The number of rotatable bonds is 5. The first-order valence-corrected chi connectivity index (χ1v) is 6.59. The molecule has 0 heterocycles. The molecule has 0 unspecified atom stereocenters. The molecule has 3 heteroatoms. The Labute approximate surface area is 119 Å². The van der Waals surface area contributed by atoms with Gasteiger partial charge in [-0.05, 0) is 18.4 Å². The van der Waals surface area contributed by atoms with Crippen molar-refractivity contribution in [1.82, 2.24) is 6.15 Å². The summed E-state index contributed by atoms with van der Waals surface area (Å²) in [6.45, 7) is 0. The first-order valence-electron chi connectivity index (χ1n) is 6.06. The van der Waals surface area contributed by atoms with Crippen LogP contribution in [0.4, 0.5) is 0 Å². The van der Waals surface area contributed by atoms with Gasteiger partial charge in [0.1, 0.15) is 0 Å². The predicted molar refractivity (Wildman–Crippen MR) is 80.4 cm³/mol. The number of hydrogen-bond acceptors (Lipinski definition) is 2. The standard InChI is InChI=1S/C16H15ClO.H3N/c17-12-4-5-13-8-10-15(11-9-13)16(18)14-6-2-1-3-7-14;/h1-3,6-11H,4-5,12H2;1H3. The second-order valence-corrected chi connectivity index (χ2v) is 4.56. The number of alkyl halides is 1. The van der Waals surface area contributed by atoms with Crippen molar-refractivity contribution < 1.29 is 4.79 Å². The van der Waals surface area contributed by atoms with Crippen LogP contribution in [0.2, 0.25) is 0 Å². The molecular weight excluding hydrogens is 258 g/mol. The lowest BCUT2D eigenvalue weighted by Crippen LogP contribution is -2.01. The first kappa shape index (κ1) is 15.4. The molecule has 0 aromatic heterocycles.